The summed E-state index contributed by atoms with van der Waals surface area (Å²) >= 11 is 1.36. The van der Waals surface area contributed by atoms with Crippen molar-refractivity contribution in [1.82, 2.24) is 30.3 Å². The van der Waals surface area contributed by atoms with Crippen LogP contribution in [0.5, 0.6) is 5.75 Å². The first-order valence-electron chi connectivity index (χ1n) is 8.29. The molecule has 0 aliphatic heterocycles. The second-order valence-electron chi connectivity index (χ2n) is 5.86. The van der Waals surface area contributed by atoms with Gasteiger partial charge in [-0.1, -0.05) is 23.0 Å². The molecule has 142 valence electrons. The van der Waals surface area contributed by atoms with Gasteiger partial charge in [0, 0.05) is 5.56 Å². The van der Waals surface area contributed by atoms with Gasteiger partial charge in [-0.2, -0.15) is 9.67 Å². The van der Waals surface area contributed by atoms with Crippen molar-refractivity contribution in [3.8, 4) is 22.9 Å². The number of aromatic nitrogens is 6. The Morgan fingerprint density at radius 1 is 1.18 bits per heavy atom. The van der Waals surface area contributed by atoms with E-state index in [0.717, 1.165) is 11.3 Å². The predicted octanol–water partition coefficient (Wildman–Crippen LogP) is 3.46. The van der Waals surface area contributed by atoms with Crippen molar-refractivity contribution in [1.29, 1.82) is 0 Å². The number of nitrogens with zero attached hydrogens (tertiary/aromatic N) is 6. The minimum atomic E-state index is -0.322. The summed E-state index contributed by atoms with van der Waals surface area (Å²) in [5.74, 6) is 1.56. The van der Waals surface area contributed by atoms with Crippen LogP contribution < -0.4 is 4.74 Å². The summed E-state index contributed by atoms with van der Waals surface area (Å²) in [5, 5.41) is 16.4. The van der Waals surface area contributed by atoms with Gasteiger partial charge < -0.3 is 9.26 Å². The Labute approximate surface area is 163 Å². The van der Waals surface area contributed by atoms with Gasteiger partial charge >= 0.3 is 0 Å². The number of methoxy groups -OCH3 is 1. The quantitative estimate of drug-likeness (QED) is 0.456. The largest absolute Gasteiger partial charge is 0.494 e. The summed E-state index contributed by atoms with van der Waals surface area (Å²) in [6.45, 7) is 1.98. The van der Waals surface area contributed by atoms with Gasteiger partial charge in [-0.25, -0.2) is 4.39 Å². The van der Waals surface area contributed by atoms with Crippen molar-refractivity contribution in [2.75, 3.05) is 7.11 Å². The number of hydrogen-bond donors (Lipinski definition) is 0. The molecule has 0 N–H and O–H groups in total. The fraction of sp³-hybridized carbons (Fsp3) is 0.167. The van der Waals surface area contributed by atoms with Gasteiger partial charge in [0.1, 0.15) is 17.3 Å². The fourth-order valence-corrected chi connectivity index (χ4v) is 3.26. The molecule has 0 fully saturated rings. The van der Waals surface area contributed by atoms with Crippen LogP contribution in [0.3, 0.4) is 0 Å². The Morgan fingerprint density at radius 2 is 2.00 bits per heavy atom. The summed E-state index contributed by atoms with van der Waals surface area (Å²) in [5.41, 5.74) is 2.46. The van der Waals surface area contributed by atoms with E-state index in [2.05, 4.69) is 25.7 Å². The molecule has 0 spiro atoms. The maximum absolute atomic E-state index is 13.0. The second kappa shape index (κ2) is 7.77. The van der Waals surface area contributed by atoms with Gasteiger partial charge in [-0.3, -0.25) is 0 Å². The zero-order valence-corrected chi connectivity index (χ0v) is 15.9. The Morgan fingerprint density at radius 3 is 2.79 bits per heavy atom. The van der Waals surface area contributed by atoms with Gasteiger partial charge in [-0.15, -0.1) is 5.10 Å². The van der Waals surface area contributed by atoms with E-state index in [1.165, 1.54) is 23.9 Å². The smallest absolute Gasteiger partial charge is 0.257 e. The molecular formula is C18H15FN6O2S. The van der Waals surface area contributed by atoms with E-state index < -0.39 is 0 Å². The zero-order chi connectivity index (χ0) is 19.5. The number of tetrazole rings is 1. The van der Waals surface area contributed by atoms with E-state index in [0.29, 0.717) is 33.9 Å². The van der Waals surface area contributed by atoms with Crippen LogP contribution in [0.15, 0.2) is 52.1 Å². The number of rotatable bonds is 6. The topological polar surface area (TPSA) is 91.8 Å². The van der Waals surface area contributed by atoms with Gasteiger partial charge in [0.2, 0.25) is 5.16 Å². The van der Waals surface area contributed by atoms with E-state index in [-0.39, 0.29) is 5.82 Å². The lowest BCUT2D eigenvalue weighted by Crippen LogP contribution is -2.02. The molecule has 0 bridgehead atoms. The number of ether oxygens (including phenoxy) is 1. The average molecular weight is 398 g/mol. The second-order valence-corrected chi connectivity index (χ2v) is 6.80. The average Bonchev–Trinajstić information content (AvgIpc) is 3.36. The van der Waals surface area contributed by atoms with Crippen LogP contribution in [0, 0.1) is 12.7 Å². The lowest BCUT2D eigenvalue weighted by atomic mass is 10.2. The van der Waals surface area contributed by atoms with Crippen LogP contribution in [-0.4, -0.2) is 37.5 Å². The molecule has 28 heavy (non-hydrogen) atoms. The lowest BCUT2D eigenvalue weighted by Gasteiger charge is -2.09. The molecule has 4 rings (SSSR count). The SMILES string of the molecule is COc1ccc(C)cc1-n1nnnc1SCc1noc(-c2ccc(F)cc2)n1. The molecular weight excluding hydrogens is 383 g/mol. The highest BCUT2D eigenvalue weighted by Crippen LogP contribution is 2.28. The fourth-order valence-electron chi connectivity index (χ4n) is 2.54. The molecule has 0 unspecified atom stereocenters. The third-order valence-electron chi connectivity index (χ3n) is 3.89. The van der Waals surface area contributed by atoms with E-state index in [4.69, 9.17) is 9.26 Å². The van der Waals surface area contributed by atoms with Gasteiger partial charge in [-0.05, 0) is 59.3 Å². The van der Waals surface area contributed by atoms with Gasteiger partial charge in [0.05, 0.1) is 12.9 Å². The molecule has 0 atom stereocenters. The molecule has 0 saturated heterocycles. The van der Waals surface area contributed by atoms with Crippen LogP contribution in [0.25, 0.3) is 17.1 Å². The highest BCUT2D eigenvalue weighted by atomic mass is 32.2. The monoisotopic (exact) mass is 398 g/mol. The first-order valence-corrected chi connectivity index (χ1v) is 9.27. The van der Waals surface area contributed by atoms with Crippen molar-refractivity contribution in [3.05, 3.63) is 59.7 Å². The van der Waals surface area contributed by atoms with Crippen LogP contribution >= 0.6 is 11.8 Å². The highest BCUT2D eigenvalue weighted by molar-refractivity contribution is 7.98. The maximum atomic E-state index is 13.0. The molecule has 2 aromatic carbocycles. The van der Waals surface area contributed by atoms with Crippen LogP contribution in [0.2, 0.25) is 0 Å². The molecule has 10 heteroatoms. The molecule has 0 aliphatic rings. The number of hydrogen-bond acceptors (Lipinski definition) is 8. The van der Waals surface area contributed by atoms with E-state index in [1.807, 2.05) is 25.1 Å². The number of benzene rings is 2. The lowest BCUT2D eigenvalue weighted by molar-refractivity contribution is 0.410. The molecule has 2 heterocycles. The first kappa shape index (κ1) is 18.1. The van der Waals surface area contributed by atoms with E-state index in [1.54, 1.807) is 23.9 Å². The highest BCUT2D eigenvalue weighted by Gasteiger charge is 2.16. The predicted molar refractivity (Wildman–Crippen MR) is 99.7 cm³/mol. The first-order chi connectivity index (χ1) is 13.6. The molecule has 0 amide bonds. The van der Waals surface area contributed by atoms with Gasteiger partial charge in [0.15, 0.2) is 5.82 Å². The molecule has 4 aromatic rings. The summed E-state index contributed by atoms with van der Waals surface area (Å²) in [4.78, 5) is 4.34. The summed E-state index contributed by atoms with van der Waals surface area (Å²) in [7, 11) is 1.60. The minimum absolute atomic E-state index is 0.322. The van der Waals surface area contributed by atoms with Crippen molar-refractivity contribution in [2.45, 2.75) is 17.8 Å². The van der Waals surface area contributed by atoms with Crippen LogP contribution in [-0.2, 0) is 5.75 Å². The van der Waals surface area contributed by atoms with Gasteiger partial charge in [0.25, 0.3) is 5.89 Å². The number of thioether (sulfide) groups is 1. The summed E-state index contributed by atoms with van der Waals surface area (Å²) < 4.78 is 25.3. The Kier molecular flexibility index (Phi) is 5.02. The molecule has 0 saturated carbocycles. The molecule has 2 aromatic heterocycles. The summed E-state index contributed by atoms with van der Waals surface area (Å²) in [6, 6.07) is 11.6. The molecule has 8 nitrogen and oxygen atoms in total. The molecule has 0 aliphatic carbocycles. The van der Waals surface area contributed by atoms with Crippen molar-refractivity contribution >= 4 is 11.8 Å². The minimum Gasteiger partial charge on any atom is -0.494 e. The van der Waals surface area contributed by atoms with E-state index >= 15 is 0 Å². The number of aryl methyl sites for hydroxylation is 1. The standard InChI is InChI=1S/C18H15FN6O2S/c1-11-3-8-15(26-2)14(9-11)25-18(21-23-24-25)28-10-16-20-17(27-22-16)12-4-6-13(19)7-5-12/h3-9H,10H2,1-2H3. The van der Waals surface area contributed by atoms with Crippen LogP contribution in [0.1, 0.15) is 11.4 Å². The molecule has 0 radical (unpaired) electrons. The van der Waals surface area contributed by atoms with Crippen molar-refractivity contribution in [3.63, 3.8) is 0 Å². The third kappa shape index (κ3) is 3.72. The maximum Gasteiger partial charge on any atom is 0.257 e. The van der Waals surface area contributed by atoms with Crippen molar-refractivity contribution < 1.29 is 13.7 Å². The van der Waals surface area contributed by atoms with E-state index in [9.17, 15) is 4.39 Å². The Bertz CT molecular complexity index is 1100. The van der Waals surface area contributed by atoms with Crippen LogP contribution in [0.4, 0.5) is 4.39 Å². The Balaban J connectivity index is 1.52. The Hall–Kier alpha value is -3.27. The number of halogens is 1. The third-order valence-corrected chi connectivity index (χ3v) is 4.81. The zero-order valence-electron chi connectivity index (χ0n) is 15.0. The summed E-state index contributed by atoms with van der Waals surface area (Å²) in [6.07, 6.45) is 0. The normalized spacial score (nSPS) is 11.0. The van der Waals surface area contributed by atoms with Crippen molar-refractivity contribution in [2.24, 2.45) is 0 Å².